The van der Waals surface area contributed by atoms with E-state index in [0.717, 1.165) is 43.8 Å². The molecule has 1 amide bonds. The molecular weight excluding hydrogens is 444 g/mol. The molecule has 1 aliphatic carbocycles. The molecule has 35 heavy (non-hydrogen) atoms. The number of hydrogen-bond donors (Lipinski definition) is 3. The first-order chi connectivity index (χ1) is 17.1. The van der Waals surface area contributed by atoms with Crippen LogP contribution in [0.15, 0.2) is 59.5 Å². The minimum absolute atomic E-state index is 0.159. The van der Waals surface area contributed by atoms with Gasteiger partial charge >= 0.3 is 0 Å². The number of aliphatic hydroxyl groups is 1. The van der Waals surface area contributed by atoms with Crippen LogP contribution in [0.1, 0.15) is 46.5 Å². The smallest absolute Gasteiger partial charge is 0.253 e. The average Bonchev–Trinajstić information content (AvgIpc) is 3.37. The van der Waals surface area contributed by atoms with Gasteiger partial charge in [0.15, 0.2) is 12.2 Å². The van der Waals surface area contributed by atoms with E-state index in [4.69, 9.17) is 9.15 Å². The van der Waals surface area contributed by atoms with Crippen LogP contribution < -0.4 is 15.4 Å². The van der Waals surface area contributed by atoms with Crippen LogP contribution >= 0.6 is 0 Å². The van der Waals surface area contributed by atoms with E-state index in [2.05, 4.69) is 32.7 Å². The van der Waals surface area contributed by atoms with Gasteiger partial charge in [0.05, 0.1) is 17.9 Å². The maximum Gasteiger partial charge on any atom is 0.253 e. The number of amides is 1. The summed E-state index contributed by atoms with van der Waals surface area (Å²) in [5, 5.41) is 17.0. The predicted molar refractivity (Wildman–Crippen MR) is 132 cm³/mol. The zero-order valence-electron chi connectivity index (χ0n) is 19.8. The van der Waals surface area contributed by atoms with Crippen LogP contribution in [0.3, 0.4) is 0 Å². The van der Waals surface area contributed by atoms with Gasteiger partial charge in [-0.25, -0.2) is 4.98 Å². The van der Waals surface area contributed by atoms with Crippen molar-refractivity contribution in [2.45, 2.75) is 51.0 Å². The van der Waals surface area contributed by atoms with Crippen LogP contribution in [0.25, 0.3) is 0 Å². The van der Waals surface area contributed by atoms with E-state index in [1.54, 1.807) is 6.20 Å². The second-order valence-corrected chi connectivity index (χ2v) is 9.35. The summed E-state index contributed by atoms with van der Waals surface area (Å²) in [6, 6.07) is 14.1. The molecule has 1 aromatic heterocycles. The van der Waals surface area contributed by atoms with Gasteiger partial charge in [0, 0.05) is 37.9 Å². The molecule has 0 spiro atoms. The highest BCUT2D eigenvalue weighted by atomic mass is 16.5. The maximum absolute atomic E-state index is 12.8. The number of hydrogen-bond acceptors (Lipinski definition) is 7. The highest BCUT2D eigenvalue weighted by Gasteiger charge is 2.22. The zero-order chi connectivity index (χ0) is 24.0. The summed E-state index contributed by atoms with van der Waals surface area (Å²) in [7, 11) is 0. The quantitative estimate of drug-likeness (QED) is 0.413. The number of carbonyl (C=O) groups is 1. The third-order valence-electron chi connectivity index (χ3n) is 6.74. The van der Waals surface area contributed by atoms with E-state index in [1.807, 2.05) is 30.3 Å². The number of benzene rings is 2. The number of anilines is 1. The molecule has 1 saturated carbocycles. The fraction of sp³-hybridized carbons (Fsp3) is 0.407. The number of aromatic nitrogens is 1. The van der Waals surface area contributed by atoms with Crippen molar-refractivity contribution < 1.29 is 19.1 Å². The van der Waals surface area contributed by atoms with Crippen molar-refractivity contribution in [1.29, 1.82) is 0 Å². The van der Waals surface area contributed by atoms with E-state index in [9.17, 15) is 9.90 Å². The van der Waals surface area contributed by atoms with Gasteiger partial charge in [-0.15, -0.1) is 0 Å². The Balaban J connectivity index is 1.09. The van der Waals surface area contributed by atoms with Gasteiger partial charge in [-0.05, 0) is 61.1 Å². The second kappa shape index (κ2) is 10.9. The molecule has 2 heterocycles. The number of aliphatic hydroxyl groups excluding tert-OH is 1. The van der Waals surface area contributed by atoms with E-state index < -0.39 is 6.10 Å². The third-order valence-corrected chi connectivity index (χ3v) is 6.74. The first-order valence-corrected chi connectivity index (χ1v) is 12.3. The van der Waals surface area contributed by atoms with Crippen molar-refractivity contribution in [2.24, 2.45) is 0 Å². The lowest BCUT2D eigenvalue weighted by molar-refractivity contribution is 0.0842. The summed E-state index contributed by atoms with van der Waals surface area (Å²) in [5.41, 5.74) is 3.98. The largest absolute Gasteiger partial charge is 0.486 e. The molecule has 0 radical (unpaired) electrons. The standard InChI is InChI=1S/C27H32N4O4/c32-22(13-29-27(33)25-6-1-2-7-26(25)30-21-4-3-5-21)16-31-11-10-19-12-23(9-8-20(19)15-31)34-17-24-14-28-18-35-24/h1-2,6-9,12,14,18,21-22,30,32H,3-5,10-11,13,15-17H2,(H,29,33). The summed E-state index contributed by atoms with van der Waals surface area (Å²) in [6.07, 6.45) is 6.81. The van der Waals surface area contributed by atoms with Crippen LogP contribution in [0.4, 0.5) is 5.69 Å². The lowest BCUT2D eigenvalue weighted by Crippen LogP contribution is -2.42. The third kappa shape index (κ3) is 6.01. The molecule has 3 aromatic rings. The number of β-amino-alcohol motifs (C(OH)–C–C–N with tert-alkyl or cyclic N) is 1. The summed E-state index contributed by atoms with van der Waals surface area (Å²) >= 11 is 0. The van der Waals surface area contributed by atoms with Crippen molar-refractivity contribution >= 4 is 11.6 Å². The average molecular weight is 477 g/mol. The summed E-state index contributed by atoms with van der Waals surface area (Å²) in [4.78, 5) is 18.9. The number of para-hydroxylation sites is 1. The molecule has 0 saturated heterocycles. The number of rotatable bonds is 10. The normalized spacial score (nSPS) is 16.7. The molecule has 2 aromatic carbocycles. The Kier molecular flexibility index (Phi) is 7.30. The van der Waals surface area contributed by atoms with Crippen molar-refractivity contribution in [1.82, 2.24) is 15.2 Å². The fourth-order valence-corrected chi connectivity index (χ4v) is 4.55. The molecule has 8 heteroatoms. The first kappa shape index (κ1) is 23.4. The number of fused-ring (bicyclic) bond motifs is 1. The van der Waals surface area contributed by atoms with Gasteiger partial charge in [0.1, 0.15) is 12.4 Å². The summed E-state index contributed by atoms with van der Waals surface area (Å²) < 4.78 is 11.0. The minimum Gasteiger partial charge on any atom is -0.486 e. The Labute approximate surface area is 205 Å². The number of nitrogens with zero attached hydrogens (tertiary/aromatic N) is 2. The van der Waals surface area contributed by atoms with Crippen molar-refractivity contribution in [3.63, 3.8) is 0 Å². The zero-order valence-corrected chi connectivity index (χ0v) is 19.8. The molecule has 3 N–H and O–H groups in total. The Morgan fingerprint density at radius 3 is 2.91 bits per heavy atom. The molecule has 1 atom stereocenters. The van der Waals surface area contributed by atoms with Crippen LogP contribution in [-0.4, -0.2) is 52.7 Å². The van der Waals surface area contributed by atoms with E-state index in [0.29, 0.717) is 30.5 Å². The van der Waals surface area contributed by atoms with Crippen molar-refractivity contribution in [3.8, 4) is 5.75 Å². The summed E-state index contributed by atoms with van der Waals surface area (Å²) in [5.74, 6) is 1.34. The molecule has 1 aliphatic heterocycles. The molecule has 1 fully saturated rings. The van der Waals surface area contributed by atoms with Crippen LogP contribution in [0.2, 0.25) is 0 Å². The Morgan fingerprint density at radius 1 is 1.23 bits per heavy atom. The monoisotopic (exact) mass is 476 g/mol. The molecule has 2 aliphatic rings. The fourth-order valence-electron chi connectivity index (χ4n) is 4.55. The maximum atomic E-state index is 12.8. The van der Waals surface area contributed by atoms with Crippen LogP contribution in [0, 0.1) is 0 Å². The van der Waals surface area contributed by atoms with Gasteiger partial charge in [-0.2, -0.15) is 0 Å². The number of oxazole rings is 1. The van der Waals surface area contributed by atoms with Crippen LogP contribution in [0.5, 0.6) is 5.75 Å². The molecule has 184 valence electrons. The highest BCUT2D eigenvalue weighted by molar-refractivity contribution is 5.99. The second-order valence-electron chi connectivity index (χ2n) is 9.35. The topological polar surface area (TPSA) is 99.9 Å². The molecular formula is C27H32N4O4. The SMILES string of the molecule is O=C(NCC(O)CN1CCc2cc(OCc3cnco3)ccc2C1)c1ccccc1NC1CCC1. The highest BCUT2D eigenvalue weighted by Crippen LogP contribution is 2.26. The Bertz CT molecular complexity index is 1130. The minimum atomic E-state index is -0.642. The lowest BCUT2D eigenvalue weighted by atomic mass is 9.92. The first-order valence-electron chi connectivity index (χ1n) is 12.3. The Hall–Kier alpha value is -3.36. The molecule has 8 nitrogen and oxygen atoms in total. The van der Waals surface area contributed by atoms with Gasteiger partial charge in [0.25, 0.3) is 5.91 Å². The van der Waals surface area contributed by atoms with Gasteiger partial charge in [-0.3, -0.25) is 9.69 Å². The predicted octanol–water partition coefficient (Wildman–Crippen LogP) is 3.37. The lowest BCUT2D eigenvalue weighted by Gasteiger charge is -2.30. The van der Waals surface area contributed by atoms with Gasteiger partial charge in [-0.1, -0.05) is 18.2 Å². The molecule has 5 rings (SSSR count). The van der Waals surface area contributed by atoms with Crippen LogP contribution in [-0.2, 0) is 19.6 Å². The van der Waals surface area contributed by atoms with Gasteiger partial charge < -0.3 is 24.9 Å². The van der Waals surface area contributed by atoms with E-state index in [-0.39, 0.29) is 12.5 Å². The van der Waals surface area contributed by atoms with E-state index >= 15 is 0 Å². The summed E-state index contributed by atoms with van der Waals surface area (Å²) in [6.45, 7) is 2.68. The number of ether oxygens (including phenoxy) is 1. The number of carbonyl (C=O) groups excluding carboxylic acids is 1. The molecule has 1 unspecified atom stereocenters. The Morgan fingerprint density at radius 2 is 2.11 bits per heavy atom. The van der Waals surface area contributed by atoms with E-state index in [1.165, 1.54) is 23.9 Å². The number of nitrogens with one attached hydrogen (secondary N) is 2. The molecule has 0 bridgehead atoms. The van der Waals surface area contributed by atoms with Crippen molar-refractivity contribution in [2.75, 3.05) is 25.0 Å². The van der Waals surface area contributed by atoms with Gasteiger partial charge in [0.2, 0.25) is 0 Å². The van der Waals surface area contributed by atoms with Crippen molar-refractivity contribution in [3.05, 3.63) is 77.5 Å².